The minimum Gasteiger partial charge on any atom is -0.478 e. The van der Waals surface area contributed by atoms with Gasteiger partial charge in [-0.1, -0.05) is 37.6 Å². The second-order valence-electron chi connectivity index (χ2n) is 10.9. The molecule has 3 amide bonds. The van der Waals surface area contributed by atoms with Gasteiger partial charge in [0.15, 0.2) is 0 Å². The summed E-state index contributed by atoms with van der Waals surface area (Å²) in [7, 11) is 0. The first kappa shape index (κ1) is 32.8. The summed E-state index contributed by atoms with van der Waals surface area (Å²) in [6.07, 6.45) is 2.54. The van der Waals surface area contributed by atoms with E-state index < -0.39 is 17.5 Å². The Kier molecular flexibility index (Phi) is 12.1. The Labute approximate surface area is 239 Å². The van der Waals surface area contributed by atoms with Crippen LogP contribution in [0.4, 0.5) is 5.69 Å². The van der Waals surface area contributed by atoms with Crippen LogP contribution in [-0.2, 0) is 24.0 Å². The molecule has 2 aliphatic heterocycles. The number of rotatable bonds is 8. The molecule has 1 aromatic carbocycles. The first-order valence-corrected chi connectivity index (χ1v) is 13.6. The van der Waals surface area contributed by atoms with Gasteiger partial charge in [0.05, 0.1) is 28.1 Å². The molecule has 0 bridgehead atoms. The van der Waals surface area contributed by atoms with Crippen LogP contribution in [-0.4, -0.2) is 83.0 Å². The van der Waals surface area contributed by atoms with Crippen molar-refractivity contribution in [3.8, 4) is 0 Å². The van der Waals surface area contributed by atoms with Crippen molar-refractivity contribution in [2.45, 2.75) is 46.1 Å². The van der Waals surface area contributed by atoms with Crippen LogP contribution in [0.1, 0.15) is 40.5 Å². The van der Waals surface area contributed by atoms with Gasteiger partial charge >= 0.3 is 11.9 Å². The first-order valence-electron chi connectivity index (χ1n) is 13.2. The normalized spacial score (nSPS) is 20.6. The van der Waals surface area contributed by atoms with E-state index in [1.54, 1.807) is 15.9 Å². The number of carbonyl (C=O) groups is 5. The van der Waals surface area contributed by atoms with Gasteiger partial charge < -0.3 is 30.6 Å². The lowest BCUT2D eigenvalue weighted by Crippen LogP contribution is -2.65. The fraction of sp³-hybridized carbons (Fsp3) is 0.536. The number of aliphatic carboxylic acids is 2. The SMILES string of the molecule is CC(C)CCNC(=O)[C@@H]1CNC[C@H](C(=O)N2CC(=O)N(c3ccccc3Cl)CC2(C)C)C1.O=C(O)/C=C/C(=O)O. The Morgan fingerprint density at radius 3 is 2.27 bits per heavy atom. The van der Waals surface area contributed by atoms with Crippen molar-refractivity contribution in [1.29, 1.82) is 0 Å². The van der Waals surface area contributed by atoms with E-state index in [1.807, 2.05) is 32.0 Å². The van der Waals surface area contributed by atoms with Crippen molar-refractivity contribution >= 4 is 46.9 Å². The molecular weight excluding hydrogens is 540 g/mol. The lowest BCUT2D eigenvalue weighted by Gasteiger charge is -2.48. The van der Waals surface area contributed by atoms with Gasteiger partial charge in [-0.05, 0) is 44.7 Å². The molecule has 12 heteroatoms. The van der Waals surface area contributed by atoms with Gasteiger partial charge in [-0.25, -0.2) is 9.59 Å². The highest BCUT2D eigenvalue weighted by Gasteiger charge is 2.44. The fourth-order valence-corrected chi connectivity index (χ4v) is 4.82. The predicted octanol–water partition coefficient (Wildman–Crippen LogP) is 2.39. The summed E-state index contributed by atoms with van der Waals surface area (Å²) in [6.45, 7) is 10.3. The van der Waals surface area contributed by atoms with Crippen molar-refractivity contribution in [2.75, 3.05) is 37.6 Å². The van der Waals surface area contributed by atoms with Crippen LogP contribution in [0.2, 0.25) is 5.02 Å². The number of nitrogens with zero attached hydrogens (tertiary/aromatic N) is 2. The lowest BCUT2D eigenvalue weighted by molar-refractivity contribution is -0.148. The van der Waals surface area contributed by atoms with E-state index in [1.165, 1.54) is 0 Å². The Balaban J connectivity index is 0.000000611. The summed E-state index contributed by atoms with van der Waals surface area (Å²) in [5, 5.41) is 22.4. The highest BCUT2D eigenvalue weighted by Crippen LogP contribution is 2.33. The third-order valence-electron chi connectivity index (χ3n) is 6.74. The van der Waals surface area contributed by atoms with E-state index in [2.05, 4.69) is 24.5 Å². The van der Waals surface area contributed by atoms with E-state index in [-0.39, 0.29) is 36.1 Å². The van der Waals surface area contributed by atoms with Crippen molar-refractivity contribution in [3.05, 3.63) is 41.4 Å². The Morgan fingerprint density at radius 1 is 1.10 bits per heavy atom. The Hall–Kier alpha value is -3.44. The molecule has 220 valence electrons. The number of halogens is 1. The van der Waals surface area contributed by atoms with Crippen molar-refractivity contribution in [1.82, 2.24) is 15.5 Å². The number of carbonyl (C=O) groups excluding carboxylic acids is 3. The number of carboxylic acid groups (broad SMARTS) is 2. The quantitative estimate of drug-likeness (QED) is 0.343. The zero-order valence-electron chi connectivity index (χ0n) is 23.4. The summed E-state index contributed by atoms with van der Waals surface area (Å²) < 4.78 is 0. The number of piperazine rings is 1. The van der Waals surface area contributed by atoms with E-state index in [0.717, 1.165) is 6.42 Å². The van der Waals surface area contributed by atoms with E-state index >= 15 is 0 Å². The van der Waals surface area contributed by atoms with Crippen LogP contribution in [0.25, 0.3) is 0 Å². The number of para-hydroxylation sites is 1. The second kappa shape index (κ2) is 14.8. The number of hydrogen-bond donors (Lipinski definition) is 4. The number of amides is 3. The van der Waals surface area contributed by atoms with Crippen LogP contribution in [0.5, 0.6) is 0 Å². The highest BCUT2D eigenvalue weighted by atomic mass is 35.5. The predicted molar refractivity (Wildman–Crippen MR) is 151 cm³/mol. The molecule has 0 unspecified atom stereocenters. The van der Waals surface area contributed by atoms with Crippen LogP contribution in [0.15, 0.2) is 36.4 Å². The standard InChI is InChI=1S/C24H35ClN4O3.C4H4O4/c1-16(2)9-10-27-22(31)17-11-18(13-26-12-17)23(32)29-14-21(30)28(15-24(29,3)4)20-8-6-5-7-19(20)25;5-3(6)1-2-4(7)8/h5-8,16-18,26H,9-15H2,1-4H3,(H,27,31);1-2H,(H,5,6)(H,7,8)/b;2-1+/t17-,18+;/m0./s1. The van der Waals surface area contributed by atoms with Crippen LogP contribution in [0, 0.1) is 17.8 Å². The summed E-state index contributed by atoms with van der Waals surface area (Å²) >= 11 is 6.32. The number of carboxylic acids is 2. The molecule has 1 aromatic rings. The molecule has 2 fully saturated rings. The summed E-state index contributed by atoms with van der Waals surface area (Å²) in [5.41, 5.74) is 0.105. The molecule has 0 aliphatic carbocycles. The maximum Gasteiger partial charge on any atom is 0.328 e. The molecule has 0 spiro atoms. The molecule has 0 aromatic heterocycles. The molecule has 2 aliphatic rings. The number of benzene rings is 1. The van der Waals surface area contributed by atoms with E-state index in [0.29, 0.717) is 61.4 Å². The molecule has 2 saturated heterocycles. The zero-order valence-corrected chi connectivity index (χ0v) is 24.1. The van der Waals surface area contributed by atoms with Crippen molar-refractivity contribution in [2.24, 2.45) is 17.8 Å². The van der Waals surface area contributed by atoms with Crippen molar-refractivity contribution < 1.29 is 34.2 Å². The van der Waals surface area contributed by atoms with Crippen LogP contribution >= 0.6 is 11.6 Å². The minimum absolute atomic E-state index is 0.00118. The van der Waals surface area contributed by atoms with E-state index in [4.69, 9.17) is 21.8 Å². The monoisotopic (exact) mass is 578 g/mol. The van der Waals surface area contributed by atoms with Crippen molar-refractivity contribution in [3.63, 3.8) is 0 Å². The van der Waals surface area contributed by atoms with Gasteiger partial charge in [0, 0.05) is 38.3 Å². The summed E-state index contributed by atoms with van der Waals surface area (Å²) in [6, 6.07) is 7.25. The van der Waals surface area contributed by atoms with Crippen LogP contribution in [0.3, 0.4) is 0 Å². The first-order chi connectivity index (χ1) is 18.7. The Bertz CT molecular complexity index is 1110. The smallest absolute Gasteiger partial charge is 0.328 e. The maximum absolute atomic E-state index is 13.5. The fourth-order valence-electron chi connectivity index (χ4n) is 4.58. The van der Waals surface area contributed by atoms with Gasteiger partial charge in [0.1, 0.15) is 6.54 Å². The molecule has 4 N–H and O–H groups in total. The average molecular weight is 579 g/mol. The minimum atomic E-state index is -1.26. The third kappa shape index (κ3) is 9.63. The molecular formula is C28H39ClN4O7. The molecule has 0 radical (unpaired) electrons. The van der Waals surface area contributed by atoms with Gasteiger partial charge in [-0.3, -0.25) is 14.4 Å². The molecule has 2 heterocycles. The van der Waals surface area contributed by atoms with E-state index in [9.17, 15) is 24.0 Å². The third-order valence-corrected chi connectivity index (χ3v) is 7.06. The second-order valence-corrected chi connectivity index (χ2v) is 11.3. The number of hydrogen-bond acceptors (Lipinski definition) is 6. The highest BCUT2D eigenvalue weighted by molar-refractivity contribution is 6.33. The van der Waals surface area contributed by atoms with Gasteiger partial charge in [-0.15, -0.1) is 0 Å². The molecule has 11 nitrogen and oxygen atoms in total. The summed E-state index contributed by atoms with van der Waals surface area (Å²) in [4.78, 5) is 61.5. The molecule has 3 rings (SSSR count). The van der Waals surface area contributed by atoms with Gasteiger partial charge in [0.25, 0.3) is 0 Å². The van der Waals surface area contributed by atoms with Crippen LogP contribution < -0.4 is 15.5 Å². The lowest BCUT2D eigenvalue weighted by atomic mass is 9.86. The largest absolute Gasteiger partial charge is 0.478 e. The number of anilines is 1. The maximum atomic E-state index is 13.5. The Morgan fingerprint density at radius 2 is 1.70 bits per heavy atom. The average Bonchev–Trinajstić information content (AvgIpc) is 2.88. The van der Waals surface area contributed by atoms with Gasteiger partial charge in [0.2, 0.25) is 17.7 Å². The number of nitrogens with one attached hydrogen (secondary N) is 2. The molecule has 0 saturated carbocycles. The molecule has 40 heavy (non-hydrogen) atoms. The summed E-state index contributed by atoms with van der Waals surface area (Å²) in [5.74, 6) is -2.80. The topological polar surface area (TPSA) is 156 Å². The zero-order chi connectivity index (χ0) is 30.0. The number of piperidine rings is 1. The molecule has 2 atom stereocenters. The van der Waals surface area contributed by atoms with Gasteiger partial charge in [-0.2, -0.15) is 0 Å².